The molecule has 3 aliphatic rings. The molecule has 1 unspecified atom stereocenters. The van der Waals surface area contributed by atoms with Crippen LogP contribution in [-0.4, -0.2) is 11.7 Å². The predicted octanol–water partition coefficient (Wildman–Crippen LogP) is 5.29. The Hall–Kier alpha value is -2.12. The molecule has 120 valence electrons. The average Bonchev–Trinajstić information content (AvgIpc) is 2.59. The fourth-order valence-electron chi connectivity index (χ4n) is 4.60. The maximum Gasteiger partial charge on any atom is 0.0431 e. The highest BCUT2D eigenvalue weighted by Crippen LogP contribution is 2.47. The van der Waals surface area contributed by atoms with E-state index in [2.05, 4.69) is 48.6 Å². The van der Waals surface area contributed by atoms with E-state index in [4.69, 9.17) is 5.11 Å². The van der Waals surface area contributed by atoms with Gasteiger partial charge in [0.2, 0.25) is 0 Å². The molecule has 2 aromatic carbocycles. The monoisotopic (exact) mass is 314 g/mol. The summed E-state index contributed by atoms with van der Waals surface area (Å²) in [6.45, 7) is 0.314. The lowest BCUT2D eigenvalue weighted by atomic mass is 9.72. The molecule has 24 heavy (non-hydrogen) atoms. The third kappa shape index (κ3) is 2.04. The van der Waals surface area contributed by atoms with Crippen molar-refractivity contribution >= 4 is 21.9 Å². The lowest BCUT2D eigenvalue weighted by Crippen LogP contribution is -2.15. The Morgan fingerprint density at radius 1 is 1.00 bits per heavy atom. The second-order valence-electron chi connectivity index (χ2n) is 7.28. The Bertz CT molecular complexity index is 926. The topological polar surface area (TPSA) is 20.2 Å². The van der Waals surface area contributed by atoms with E-state index in [0.29, 0.717) is 12.5 Å². The van der Waals surface area contributed by atoms with Gasteiger partial charge in [-0.3, -0.25) is 0 Å². The molecule has 0 amide bonds. The largest absolute Gasteiger partial charge is 0.396 e. The van der Waals surface area contributed by atoms with E-state index in [1.165, 1.54) is 50.6 Å². The summed E-state index contributed by atoms with van der Waals surface area (Å²) in [4.78, 5) is 0. The molecule has 1 N–H and O–H groups in total. The van der Waals surface area contributed by atoms with Gasteiger partial charge in [0.05, 0.1) is 0 Å². The number of rotatable bonds is 4. The molecule has 0 spiro atoms. The van der Waals surface area contributed by atoms with Gasteiger partial charge in [-0.25, -0.2) is 0 Å². The summed E-state index contributed by atoms with van der Waals surface area (Å²) in [6.07, 6.45) is 12.6. The molecule has 1 nitrogen and oxygen atoms in total. The minimum absolute atomic E-state index is 0.314. The normalized spacial score (nSPS) is 21.0. The van der Waals surface area contributed by atoms with E-state index >= 15 is 0 Å². The molecule has 0 aliphatic heterocycles. The summed E-state index contributed by atoms with van der Waals surface area (Å²) < 4.78 is 0. The minimum Gasteiger partial charge on any atom is -0.396 e. The van der Waals surface area contributed by atoms with Gasteiger partial charge < -0.3 is 5.11 Å². The van der Waals surface area contributed by atoms with Gasteiger partial charge in [0.25, 0.3) is 0 Å². The summed E-state index contributed by atoms with van der Waals surface area (Å²) in [6, 6.07) is 11.3. The van der Waals surface area contributed by atoms with Gasteiger partial charge >= 0.3 is 0 Å². The van der Waals surface area contributed by atoms with Crippen molar-refractivity contribution < 1.29 is 5.11 Å². The van der Waals surface area contributed by atoms with Crippen molar-refractivity contribution in [1.82, 2.24) is 0 Å². The van der Waals surface area contributed by atoms with E-state index in [0.717, 1.165) is 25.7 Å². The maximum atomic E-state index is 9.00. The summed E-state index contributed by atoms with van der Waals surface area (Å²) in [5.41, 5.74) is 8.87. The number of aliphatic hydroxyl groups is 1. The summed E-state index contributed by atoms with van der Waals surface area (Å²) >= 11 is 0. The molecule has 0 saturated carbocycles. The number of hydrogen-bond acceptors (Lipinski definition) is 1. The molecule has 1 atom stereocenters. The molecular weight excluding hydrogens is 292 g/mol. The fraction of sp³-hybridized carbons (Fsp3) is 0.304. The highest BCUT2D eigenvalue weighted by atomic mass is 16.2. The van der Waals surface area contributed by atoms with Crippen molar-refractivity contribution in [1.29, 1.82) is 0 Å². The Morgan fingerprint density at radius 2 is 1.92 bits per heavy atom. The zero-order valence-corrected chi connectivity index (χ0v) is 13.9. The first-order valence-electron chi connectivity index (χ1n) is 9.11. The standard InChI is InChI=1S/C23H22O/c24-12-2-3-15-13-19(14-15)20-10-8-18-7-6-16-4-1-5-17-9-11-21(20)23(18)22(16)17/h1,4-5,7,9-11,13,15,24H,2-3,6,8,12,14H2. The molecule has 0 saturated heterocycles. The van der Waals surface area contributed by atoms with Crippen LogP contribution >= 0.6 is 0 Å². The highest BCUT2D eigenvalue weighted by molar-refractivity contribution is 6.06. The zero-order valence-electron chi connectivity index (χ0n) is 13.9. The third-order valence-corrected chi connectivity index (χ3v) is 5.84. The third-order valence-electron chi connectivity index (χ3n) is 5.84. The van der Waals surface area contributed by atoms with Gasteiger partial charge in [-0.05, 0) is 82.2 Å². The smallest absolute Gasteiger partial charge is 0.0431 e. The quantitative estimate of drug-likeness (QED) is 0.813. The van der Waals surface area contributed by atoms with Gasteiger partial charge in [-0.1, -0.05) is 48.6 Å². The lowest BCUT2D eigenvalue weighted by molar-refractivity contribution is 0.275. The van der Waals surface area contributed by atoms with Crippen molar-refractivity contribution in [2.45, 2.75) is 32.1 Å². The molecule has 0 heterocycles. The van der Waals surface area contributed by atoms with Crippen LogP contribution in [-0.2, 0) is 6.42 Å². The zero-order chi connectivity index (χ0) is 16.1. The van der Waals surface area contributed by atoms with Crippen molar-refractivity contribution in [3.8, 4) is 0 Å². The number of benzene rings is 2. The first-order chi connectivity index (χ1) is 11.8. The molecule has 3 aliphatic carbocycles. The number of hydrogen-bond donors (Lipinski definition) is 1. The maximum absolute atomic E-state index is 9.00. The molecule has 0 radical (unpaired) electrons. The van der Waals surface area contributed by atoms with E-state index in [1.807, 2.05) is 0 Å². The van der Waals surface area contributed by atoms with Crippen LogP contribution < -0.4 is 0 Å². The second-order valence-corrected chi connectivity index (χ2v) is 7.28. The predicted molar refractivity (Wildman–Crippen MR) is 101 cm³/mol. The second kappa shape index (κ2) is 5.46. The van der Waals surface area contributed by atoms with Crippen molar-refractivity contribution in [3.63, 3.8) is 0 Å². The molecule has 0 bridgehead atoms. The average molecular weight is 314 g/mol. The Kier molecular flexibility index (Phi) is 3.24. The highest BCUT2D eigenvalue weighted by Gasteiger charge is 2.28. The molecule has 0 aromatic heterocycles. The first kappa shape index (κ1) is 14.2. The van der Waals surface area contributed by atoms with Gasteiger partial charge in [0, 0.05) is 6.61 Å². The Labute approximate surface area is 143 Å². The van der Waals surface area contributed by atoms with E-state index in [1.54, 1.807) is 0 Å². The number of allylic oxidation sites excluding steroid dienone is 6. The van der Waals surface area contributed by atoms with E-state index in [9.17, 15) is 0 Å². The minimum atomic E-state index is 0.314. The number of aliphatic hydroxyl groups excluding tert-OH is 1. The van der Waals surface area contributed by atoms with Crippen LogP contribution in [0.15, 0.2) is 54.1 Å². The van der Waals surface area contributed by atoms with E-state index < -0.39 is 0 Å². The summed E-state index contributed by atoms with van der Waals surface area (Å²) in [7, 11) is 0. The van der Waals surface area contributed by atoms with Crippen LogP contribution in [0.25, 0.3) is 21.9 Å². The van der Waals surface area contributed by atoms with Crippen LogP contribution in [0.3, 0.4) is 0 Å². The van der Waals surface area contributed by atoms with Gasteiger partial charge in [-0.15, -0.1) is 0 Å². The summed E-state index contributed by atoms with van der Waals surface area (Å²) in [5.74, 6) is 0.664. The Morgan fingerprint density at radius 3 is 2.79 bits per heavy atom. The van der Waals surface area contributed by atoms with Crippen LogP contribution in [0.1, 0.15) is 42.4 Å². The van der Waals surface area contributed by atoms with Crippen LogP contribution in [0.5, 0.6) is 0 Å². The molecule has 2 aromatic rings. The van der Waals surface area contributed by atoms with Gasteiger partial charge in [-0.2, -0.15) is 0 Å². The van der Waals surface area contributed by atoms with Gasteiger partial charge in [0.1, 0.15) is 0 Å². The van der Waals surface area contributed by atoms with Crippen LogP contribution in [0.4, 0.5) is 0 Å². The van der Waals surface area contributed by atoms with Crippen LogP contribution in [0.2, 0.25) is 0 Å². The van der Waals surface area contributed by atoms with Crippen molar-refractivity contribution in [2.24, 2.45) is 5.92 Å². The lowest BCUT2D eigenvalue weighted by Gasteiger charge is -2.32. The van der Waals surface area contributed by atoms with Crippen LogP contribution in [0, 0.1) is 5.92 Å². The Balaban J connectivity index is 1.59. The summed E-state index contributed by atoms with van der Waals surface area (Å²) in [5, 5.41) is 11.9. The molecule has 1 heteroatoms. The fourth-order valence-corrected chi connectivity index (χ4v) is 4.60. The first-order valence-corrected chi connectivity index (χ1v) is 9.11. The molecular formula is C23H22O. The van der Waals surface area contributed by atoms with Crippen molar-refractivity contribution in [2.75, 3.05) is 6.61 Å². The SMILES string of the molecule is OCCCC1C=C(C2=CCC3=CCc4cccc5ccc2c3c45)C1. The van der Waals surface area contributed by atoms with Crippen molar-refractivity contribution in [3.05, 3.63) is 70.8 Å². The van der Waals surface area contributed by atoms with Gasteiger partial charge in [0.15, 0.2) is 0 Å². The molecule has 0 fully saturated rings. The van der Waals surface area contributed by atoms with E-state index in [-0.39, 0.29) is 0 Å². The molecule has 5 rings (SSSR count).